The molecule has 0 aliphatic carbocycles. The lowest BCUT2D eigenvalue weighted by atomic mass is 9.94. The fraction of sp³-hybridized carbons (Fsp3) is 0.320. The van der Waals surface area contributed by atoms with Gasteiger partial charge in [0.2, 0.25) is 5.96 Å². The van der Waals surface area contributed by atoms with Crippen LogP contribution in [0.15, 0.2) is 65.7 Å². The number of ether oxygens (including phenoxy) is 1. The maximum absolute atomic E-state index is 12.8. The van der Waals surface area contributed by atoms with E-state index in [9.17, 15) is 4.79 Å². The Morgan fingerprint density at radius 3 is 2.50 bits per heavy atom. The second-order valence-electron chi connectivity index (χ2n) is 8.04. The lowest BCUT2D eigenvalue weighted by molar-refractivity contribution is 0.0638. The van der Waals surface area contributed by atoms with Crippen molar-refractivity contribution in [2.45, 2.75) is 12.8 Å². The van der Waals surface area contributed by atoms with E-state index < -0.39 is 0 Å². The Bertz CT molecular complexity index is 1090. The molecule has 0 amide bonds. The molecule has 0 spiro atoms. The SMILES string of the molecule is CC(c1cccc(C(=O)c2ccccc2)c1)c1cc(N=C(N(C)C)N2CCOCC2)sn1. The van der Waals surface area contributed by atoms with E-state index >= 15 is 0 Å². The minimum absolute atomic E-state index is 0.0318. The number of hydrogen-bond donors (Lipinski definition) is 0. The number of guanidine groups is 1. The largest absolute Gasteiger partial charge is 0.378 e. The van der Waals surface area contributed by atoms with Crippen molar-refractivity contribution in [1.82, 2.24) is 14.2 Å². The van der Waals surface area contributed by atoms with E-state index in [0.29, 0.717) is 11.1 Å². The van der Waals surface area contributed by atoms with Gasteiger partial charge in [0.1, 0.15) is 5.00 Å². The summed E-state index contributed by atoms with van der Waals surface area (Å²) >= 11 is 1.40. The highest BCUT2D eigenvalue weighted by atomic mass is 32.1. The van der Waals surface area contributed by atoms with Crippen LogP contribution in [-0.2, 0) is 4.74 Å². The summed E-state index contributed by atoms with van der Waals surface area (Å²) in [6, 6.07) is 19.3. The quantitative estimate of drug-likeness (QED) is 0.329. The monoisotopic (exact) mass is 448 g/mol. The summed E-state index contributed by atoms with van der Waals surface area (Å²) in [7, 11) is 4.02. The Hall–Kier alpha value is -3.03. The summed E-state index contributed by atoms with van der Waals surface area (Å²) in [4.78, 5) is 22.0. The van der Waals surface area contributed by atoms with Crippen LogP contribution in [0.3, 0.4) is 0 Å². The molecular weight excluding hydrogens is 420 g/mol. The molecule has 0 N–H and O–H groups in total. The van der Waals surface area contributed by atoms with Crippen LogP contribution in [0.5, 0.6) is 0 Å². The Kier molecular flexibility index (Phi) is 6.97. The van der Waals surface area contributed by atoms with Crippen LogP contribution in [0.2, 0.25) is 0 Å². The first-order valence-electron chi connectivity index (χ1n) is 10.8. The van der Waals surface area contributed by atoms with E-state index in [1.807, 2.05) is 79.7 Å². The smallest absolute Gasteiger partial charge is 0.202 e. The number of aromatic nitrogens is 1. The van der Waals surface area contributed by atoms with Crippen LogP contribution in [0.1, 0.15) is 40.0 Å². The molecule has 7 heteroatoms. The number of aliphatic imine (C=N–C) groups is 1. The van der Waals surface area contributed by atoms with Crippen LogP contribution in [0.25, 0.3) is 0 Å². The Balaban J connectivity index is 1.55. The van der Waals surface area contributed by atoms with E-state index in [-0.39, 0.29) is 11.7 Å². The summed E-state index contributed by atoms with van der Waals surface area (Å²) in [5.41, 5.74) is 3.41. The van der Waals surface area contributed by atoms with Crippen molar-refractivity contribution in [3.63, 3.8) is 0 Å². The maximum Gasteiger partial charge on any atom is 0.202 e. The minimum atomic E-state index is 0.0318. The molecule has 1 fully saturated rings. The average molecular weight is 449 g/mol. The number of nitrogens with zero attached hydrogens (tertiary/aromatic N) is 4. The van der Waals surface area contributed by atoms with Crippen LogP contribution in [0.4, 0.5) is 5.00 Å². The topological polar surface area (TPSA) is 58.0 Å². The minimum Gasteiger partial charge on any atom is -0.378 e. The molecule has 4 rings (SSSR count). The number of benzene rings is 2. The highest BCUT2D eigenvalue weighted by molar-refractivity contribution is 7.09. The number of morpholine rings is 1. The first kappa shape index (κ1) is 22.2. The van der Waals surface area contributed by atoms with Gasteiger partial charge in [0.25, 0.3) is 0 Å². The predicted molar refractivity (Wildman–Crippen MR) is 129 cm³/mol. The Morgan fingerprint density at radius 1 is 1.06 bits per heavy atom. The highest BCUT2D eigenvalue weighted by Crippen LogP contribution is 2.30. The Labute approximate surface area is 193 Å². The van der Waals surface area contributed by atoms with Gasteiger partial charge in [-0.05, 0) is 29.2 Å². The lowest BCUT2D eigenvalue weighted by Gasteiger charge is -2.32. The number of carbonyl (C=O) groups excluding carboxylic acids is 1. The summed E-state index contributed by atoms with van der Waals surface area (Å²) in [5, 5.41) is 0.874. The summed E-state index contributed by atoms with van der Waals surface area (Å²) < 4.78 is 10.1. The van der Waals surface area contributed by atoms with E-state index in [1.54, 1.807) is 0 Å². The molecule has 2 aromatic carbocycles. The molecule has 1 unspecified atom stereocenters. The molecule has 1 aliphatic heterocycles. The van der Waals surface area contributed by atoms with Gasteiger partial charge in [-0.3, -0.25) is 4.79 Å². The molecule has 0 bridgehead atoms. The molecule has 0 saturated carbocycles. The molecule has 1 atom stereocenters. The second-order valence-corrected chi connectivity index (χ2v) is 8.82. The average Bonchev–Trinajstić information content (AvgIpc) is 3.31. The van der Waals surface area contributed by atoms with Gasteiger partial charge in [0.05, 0.1) is 18.9 Å². The fourth-order valence-corrected chi connectivity index (χ4v) is 4.43. The van der Waals surface area contributed by atoms with E-state index in [2.05, 4.69) is 16.2 Å². The van der Waals surface area contributed by atoms with Crippen LogP contribution in [0, 0.1) is 0 Å². The highest BCUT2D eigenvalue weighted by Gasteiger charge is 2.19. The molecule has 1 aromatic heterocycles. The molecule has 6 nitrogen and oxygen atoms in total. The van der Waals surface area contributed by atoms with Crippen molar-refractivity contribution in [3.05, 3.63) is 83.0 Å². The van der Waals surface area contributed by atoms with Crippen LogP contribution < -0.4 is 0 Å². The maximum atomic E-state index is 12.8. The van der Waals surface area contributed by atoms with Crippen molar-refractivity contribution in [3.8, 4) is 0 Å². The summed E-state index contributed by atoms with van der Waals surface area (Å²) in [5.74, 6) is 1.01. The zero-order valence-corrected chi connectivity index (χ0v) is 19.5. The predicted octanol–water partition coefficient (Wildman–Crippen LogP) is 4.41. The van der Waals surface area contributed by atoms with Crippen LogP contribution in [-0.4, -0.2) is 66.3 Å². The van der Waals surface area contributed by atoms with Gasteiger partial charge >= 0.3 is 0 Å². The molecule has 3 aromatic rings. The van der Waals surface area contributed by atoms with Gasteiger partial charge < -0.3 is 14.5 Å². The third-order valence-electron chi connectivity index (χ3n) is 5.55. The number of hydrogen-bond acceptors (Lipinski definition) is 5. The van der Waals surface area contributed by atoms with Crippen molar-refractivity contribution in [2.24, 2.45) is 4.99 Å². The van der Waals surface area contributed by atoms with Gasteiger partial charge in [-0.1, -0.05) is 55.5 Å². The number of carbonyl (C=O) groups is 1. The molecule has 1 saturated heterocycles. The first-order chi connectivity index (χ1) is 15.5. The van der Waals surface area contributed by atoms with Gasteiger partial charge in [-0.25, -0.2) is 4.99 Å². The Morgan fingerprint density at radius 2 is 1.78 bits per heavy atom. The number of rotatable bonds is 5. The second kappa shape index (κ2) is 10.1. The first-order valence-corrected chi connectivity index (χ1v) is 11.6. The van der Waals surface area contributed by atoms with Crippen LogP contribution >= 0.6 is 11.5 Å². The molecule has 0 radical (unpaired) electrons. The molecule has 2 heterocycles. The van der Waals surface area contributed by atoms with Gasteiger partial charge in [0, 0.05) is 44.2 Å². The summed E-state index contributed by atoms with van der Waals surface area (Å²) in [6.07, 6.45) is 0. The van der Waals surface area contributed by atoms with Crippen molar-refractivity contribution in [2.75, 3.05) is 40.4 Å². The molecule has 166 valence electrons. The van der Waals surface area contributed by atoms with Crippen molar-refractivity contribution in [1.29, 1.82) is 0 Å². The van der Waals surface area contributed by atoms with E-state index in [0.717, 1.165) is 48.5 Å². The zero-order chi connectivity index (χ0) is 22.5. The fourth-order valence-electron chi connectivity index (χ4n) is 3.73. The normalized spacial score (nSPS) is 15.5. The van der Waals surface area contributed by atoms with Gasteiger partial charge in [-0.15, -0.1) is 0 Å². The van der Waals surface area contributed by atoms with E-state index in [4.69, 9.17) is 9.73 Å². The third kappa shape index (κ3) is 5.06. The zero-order valence-electron chi connectivity index (χ0n) is 18.7. The third-order valence-corrected chi connectivity index (χ3v) is 6.25. The van der Waals surface area contributed by atoms with Crippen molar-refractivity contribution >= 4 is 28.3 Å². The van der Waals surface area contributed by atoms with Gasteiger partial charge in [0.15, 0.2) is 5.78 Å². The van der Waals surface area contributed by atoms with E-state index in [1.165, 1.54) is 11.5 Å². The lowest BCUT2D eigenvalue weighted by Crippen LogP contribution is -2.46. The van der Waals surface area contributed by atoms with Gasteiger partial charge in [-0.2, -0.15) is 4.37 Å². The molecule has 32 heavy (non-hydrogen) atoms. The summed E-state index contributed by atoms with van der Waals surface area (Å²) in [6.45, 7) is 5.22. The van der Waals surface area contributed by atoms with Crippen molar-refractivity contribution < 1.29 is 9.53 Å². The molecule has 1 aliphatic rings. The molecular formula is C25H28N4O2S. The number of ketones is 1. The standard InChI is InChI=1S/C25H28N4O2S/c1-18(20-10-7-11-21(16-20)24(30)19-8-5-4-6-9-19)22-17-23(32-27-22)26-25(28(2)3)29-12-14-31-15-13-29/h4-11,16-18H,12-15H2,1-3H3.